The number of fused-ring (bicyclic) bond motifs is 1. The molecule has 0 atom stereocenters. The largest absolute Gasteiger partial charge is 0.351 e. The number of carbonyl (C=O) groups excluding carboxylic acids is 2. The van der Waals surface area contributed by atoms with Crippen LogP contribution in [-0.4, -0.2) is 85.3 Å². The normalized spacial score (nSPS) is 16.9. The first kappa shape index (κ1) is 23.5. The zero-order valence-electron chi connectivity index (χ0n) is 19.6. The van der Waals surface area contributed by atoms with Crippen molar-refractivity contribution < 1.29 is 9.59 Å². The number of carbonyl (C=O) groups is 2. The van der Waals surface area contributed by atoms with E-state index in [1.807, 2.05) is 19.9 Å². The molecule has 0 spiro atoms. The van der Waals surface area contributed by atoms with Gasteiger partial charge in [-0.05, 0) is 56.8 Å². The molecular formula is C24H32N6O2S. The molecule has 2 aliphatic rings. The van der Waals surface area contributed by atoms with Gasteiger partial charge in [-0.25, -0.2) is 9.78 Å². The smallest absolute Gasteiger partial charge is 0.326 e. The highest BCUT2D eigenvalue weighted by Crippen LogP contribution is 2.36. The zero-order chi connectivity index (χ0) is 23.4. The van der Waals surface area contributed by atoms with Gasteiger partial charge in [-0.1, -0.05) is 0 Å². The van der Waals surface area contributed by atoms with Crippen molar-refractivity contribution in [2.24, 2.45) is 0 Å². The number of urea groups is 1. The van der Waals surface area contributed by atoms with Crippen molar-refractivity contribution in [1.29, 1.82) is 0 Å². The maximum absolute atomic E-state index is 13.0. The number of nitrogens with zero attached hydrogens (tertiary/aromatic N) is 4. The first-order chi connectivity index (χ1) is 15.9. The average Bonchev–Trinajstić information content (AvgIpc) is 2.80. The molecule has 0 bridgehead atoms. The summed E-state index contributed by atoms with van der Waals surface area (Å²) in [4.78, 5) is 36.5. The van der Waals surface area contributed by atoms with Crippen molar-refractivity contribution in [2.45, 2.75) is 18.9 Å². The van der Waals surface area contributed by atoms with Gasteiger partial charge in [0, 0.05) is 68.5 Å². The summed E-state index contributed by atoms with van der Waals surface area (Å²) in [6, 6.07) is 8.85. The Morgan fingerprint density at radius 2 is 1.79 bits per heavy atom. The van der Waals surface area contributed by atoms with E-state index in [4.69, 9.17) is 0 Å². The van der Waals surface area contributed by atoms with E-state index in [0.717, 1.165) is 60.4 Å². The summed E-state index contributed by atoms with van der Waals surface area (Å²) >= 11 is 1.68. The lowest BCUT2D eigenvalue weighted by Crippen LogP contribution is -2.46. The molecule has 1 saturated heterocycles. The Labute approximate surface area is 199 Å². The molecule has 0 aliphatic carbocycles. The van der Waals surface area contributed by atoms with Crippen LogP contribution in [0.3, 0.4) is 0 Å². The summed E-state index contributed by atoms with van der Waals surface area (Å²) in [7, 11) is 2.13. The highest BCUT2D eigenvalue weighted by atomic mass is 32.2. The lowest BCUT2D eigenvalue weighted by Gasteiger charge is -2.32. The summed E-state index contributed by atoms with van der Waals surface area (Å²) < 4.78 is 0. The second kappa shape index (κ2) is 10.5. The third-order valence-electron chi connectivity index (χ3n) is 6.06. The van der Waals surface area contributed by atoms with E-state index < -0.39 is 0 Å². The third kappa shape index (κ3) is 5.85. The zero-order valence-corrected chi connectivity index (χ0v) is 20.4. The SMILES string of the molecule is Cc1cc(C)c2c(n1)SCCN2C(=O)Nc1ccc(C(=O)NCCN2CCN(C)CC2)cc1. The molecule has 0 saturated carbocycles. The van der Waals surface area contributed by atoms with Gasteiger partial charge in [-0.15, -0.1) is 11.8 Å². The Bertz CT molecular complexity index is 1000. The van der Waals surface area contributed by atoms with Crippen LogP contribution in [0.1, 0.15) is 21.6 Å². The molecular weight excluding hydrogens is 436 g/mol. The van der Waals surface area contributed by atoms with E-state index in [1.165, 1.54) is 0 Å². The molecule has 3 heterocycles. The van der Waals surface area contributed by atoms with E-state index in [0.29, 0.717) is 24.3 Å². The van der Waals surface area contributed by atoms with Crippen molar-refractivity contribution >= 4 is 35.1 Å². The predicted octanol–water partition coefficient (Wildman–Crippen LogP) is 2.82. The molecule has 3 amide bonds. The number of hydrogen-bond donors (Lipinski definition) is 2. The van der Waals surface area contributed by atoms with Crippen molar-refractivity contribution in [2.75, 3.05) is 68.8 Å². The van der Waals surface area contributed by atoms with E-state index in [-0.39, 0.29) is 11.9 Å². The molecule has 4 rings (SSSR count). The summed E-state index contributed by atoms with van der Waals surface area (Å²) in [5.74, 6) is 0.713. The fraction of sp³-hybridized carbons (Fsp3) is 0.458. The Hall–Kier alpha value is -2.62. The van der Waals surface area contributed by atoms with Gasteiger partial charge in [0.05, 0.1) is 5.69 Å². The van der Waals surface area contributed by atoms with Gasteiger partial charge in [0.15, 0.2) is 0 Å². The van der Waals surface area contributed by atoms with Crippen molar-refractivity contribution in [3.05, 3.63) is 47.2 Å². The number of nitrogens with one attached hydrogen (secondary N) is 2. The number of likely N-dealkylation sites (N-methyl/N-ethyl adjacent to an activating group) is 1. The van der Waals surface area contributed by atoms with Gasteiger partial charge in [-0.2, -0.15) is 0 Å². The number of amides is 3. The Morgan fingerprint density at radius 1 is 1.06 bits per heavy atom. The first-order valence-electron chi connectivity index (χ1n) is 11.4. The second-order valence-electron chi connectivity index (χ2n) is 8.64. The van der Waals surface area contributed by atoms with Crippen molar-refractivity contribution in [3.8, 4) is 0 Å². The third-order valence-corrected chi connectivity index (χ3v) is 7.00. The topological polar surface area (TPSA) is 80.8 Å². The number of benzene rings is 1. The van der Waals surface area contributed by atoms with Crippen LogP contribution in [0.5, 0.6) is 0 Å². The Kier molecular flexibility index (Phi) is 7.52. The lowest BCUT2D eigenvalue weighted by molar-refractivity contribution is 0.0941. The Balaban J connectivity index is 1.31. The summed E-state index contributed by atoms with van der Waals surface area (Å²) in [5, 5.41) is 6.85. The number of piperazine rings is 1. The van der Waals surface area contributed by atoms with Crippen LogP contribution in [0.2, 0.25) is 0 Å². The van der Waals surface area contributed by atoms with Gasteiger partial charge in [0.25, 0.3) is 5.91 Å². The number of anilines is 2. The number of hydrogen-bond acceptors (Lipinski definition) is 6. The van der Waals surface area contributed by atoms with Gasteiger partial charge in [0.2, 0.25) is 0 Å². The van der Waals surface area contributed by atoms with Crippen LogP contribution < -0.4 is 15.5 Å². The molecule has 2 aromatic rings. The highest BCUT2D eigenvalue weighted by Gasteiger charge is 2.26. The molecule has 0 radical (unpaired) electrons. The maximum atomic E-state index is 13.0. The van der Waals surface area contributed by atoms with Crippen LogP contribution in [-0.2, 0) is 0 Å². The van der Waals surface area contributed by atoms with Crippen LogP contribution in [0.4, 0.5) is 16.2 Å². The van der Waals surface area contributed by atoms with Crippen molar-refractivity contribution in [3.63, 3.8) is 0 Å². The number of thioether (sulfide) groups is 1. The van der Waals surface area contributed by atoms with Gasteiger partial charge in [-0.3, -0.25) is 14.6 Å². The molecule has 8 nitrogen and oxygen atoms in total. The van der Waals surface area contributed by atoms with Crippen LogP contribution in [0.25, 0.3) is 0 Å². The monoisotopic (exact) mass is 468 g/mol. The van der Waals surface area contributed by atoms with E-state index >= 15 is 0 Å². The molecule has 1 fully saturated rings. The summed E-state index contributed by atoms with van der Waals surface area (Å²) in [6.07, 6.45) is 0. The average molecular weight is 469 g/mol. The predicted molar refractivity (Wildman–Crippen MR) is 134 cm³/mol. The lowest BCUT2D eigenvalue weighted by atomic mass is 10.2. The number of rotatable bonds is 5. The molecule has 9 heteroatoms. The molecule has 2 aliphatic heterocycles. The van der Waals surface area contributed by atoms with Gasteiger partial charge >= 0.3 is 6.03 Å². The van der Waals surface area contributed by atoms with E-state index in [9.17, 15) is 9.59 Å². The van der Waals surface area contributed by atoms with Crippen molar-refractivity contribution in [1.82, 2.24) is 20.1 Å². The minimum absolute atomic E-state index is 0.0962. The standard InChI is InChI=1S/C24H32N6O2S/c1-17-16-18(2)26-23-21(17)30(14-15-33-23)24(32)27-20-6-4-19(5-7-20)22(31)25-8-9-29-12-10-28(3)11-13-29/h4-7,16H,8-15H2,1-3H3,(H,25,31)(H,27,32). The minimum Gasteiger partial charge on any atom is -0.351 e. The summed E-state index contributed by atoms with van der Waals surface area (Å²) in [5.41, 5.74) is 4.13. The quantitative estimate of drug-likeness (QED) is 0.703. The fourth-order valence-corrected chi connectivity index (χ4v) is 5.25. The van der Waals surface area contributed by atoms with E-state index in [2.05, 4.69) is 32.5 Å². The van der Waals surface area contributed by atoms with Crippen LogP contribution >= 0.6 is 11.8 Å². The molecule has 2 N–H and O–H groups in total. The van der Waals surface area contributed by atoms with E-state index in [1.54, 1.807) is 40.9 Å². The van der Waals surface area contributed by atoms with Gasteiger partial charge < -0.3 is 15.5 Å². The number of aryl methyl sites for hydroxylation is 2. The molecule has 176 valence electrons. The van der Waals surface area contributed by atoms with Gasteiger partial charge in [0.1, 0.15) is 5.03 Å². The maximum Gasteiger partial charge on any atom is 0.326 e. The number of pyridine rings is 1. The molecule has 0 unspecified atom stereocenters. The second-order valence-corrected chi connectivity index (χ2v) is 9.73. The molecule has 33 heavy (non-hydrogen) atoms. The fourth-order valence-electron chi connectivity index (χ4n) is 4.17. The first-order valence-corrected chi connectivity index (χ1v) is 12.4. The molecule has 1 aromatic heterocycles. The minimum atomic E-state index is -0.185. The van der Waals surface area contributed by atoms with Crippen LogP contribution in [0, 0.1) is 13.8 Å². The van der Waals surface area contributed by atoms with Crippen LogP contribution in [0.15, 0.2) is 35.4 Å². The number of aromatic nitrogens is 1. The Morgan fingerprint density at radius 3 is 2.52 bits per heavy atom. The molecule has 1 aromatic carbocycles. The summed E-state index contributed by atoms with van der Waals surface area (Å²) in [6.45, 7) is 10.3. The highest BCUT2D eigenvalue weighted by molar-refractivity contribution is 7.99.